The van der Waals surface area contributed by atoms with Gasteiger partial charge in [0, 0.05) is 50.5 Å². The first-order chi connectivity index (χ1) is 12.1. The van der Waals surface area contributed by atoms with E-state index < -0.39 is 0 Å². The van der Waals surface area contributed by atoms with Gasteiger partial charge < -0.3 is 20.4 Å². The maximum absolute atomic E-state index is 5.59. The normalized spacial score (nSPS) is 11.7. The van der Waals surface area contributed by atoms with Crippen molar-refractivity contribution >= 4 is 40.8 Å². The molecular formula is C20H33IN4O. The molecular weight excluding hydrogens is 439 g/mol. The highest BCUT2D eigenvalue weighted by Gasteiger charge is 2.05. The number of aromatic amines is 1. The molecule has 5 nitrogen and oxygen atoms in total. The second-order valence-electron chi connectivity index (χ2n) is 6.81. The van der Waals surface area contributed by atoms with E-state index in [-0.39, 0.29) is 24.0 Å². The van der Waals surface area contributed by atoms with Crippen LogP contribution in [0, 0.1) is 12.8 Å². The molecule has 6 heteroatoms. The van der Waals surface area contributed by atoms with Crippen molar-refractivity contribution in [3.63, 3.8) is 0 Å². The van der Waals surface area contributed by atoms with E-state index in [0.717, 1.165) is 45.1 Å². The molecule has 0 bridgehead atoms. The van der Waals surface area contributed by atoms with Gasteiger partial charge in [-0.3, -0.25) is 4.99 Å². The molecule has 0 aliphatic carbocycles. The fourth-order valence-electron chi connectivity index (χ4n) is 2.81. The average Bonchev–Trinajstić information content (AvgIpc) is 3.00. The molecule has 0 saturated carbocycles. The number of fused-ring (bicyclic) bond motifs is 1. The molecule has 1 aromatic carbocycles. The molecule has 0 atom stereocenters. The smallest absolute Gasteiger partial charge is 0.190 e. The second-order valence-corrected chi connectivity index (χ2v) is 6.81. The van der Waals surface area contributed by atoms with Gasteiger partial charge in [0.2, 0.25) is 0 Å². The molecule has 146 valence electrons. The summed E-state index contributed by atoms with van der Waals surface area (Å²) in [4.78, 5) is 7.66. The van der Waals surface area contributed by atoms with E-state index >= 15 is 0 Å². The van der Waals surface area contributed by atoms with Crippen LogP contribution in [0.4, 0.5) is 0 Å². The van der Waals surface area contributed by atoms with Crippen LogP contribution in [0.2, 0.25) is 0 Å². The number of benzene rings is 1. The summed E-state index contributed by atoms with van der Waals surface area (Å²) < 4.78 is 5.59. The van der Waals surface area contributed by atoms with Gasteiger partial charge in [-0.15, -0.1) is 24.0 Å². The standard InChI is InChI=1S/C20H32N4O.HI/c1-15(2)14-25-12-6-10-22-20(21-4)23-11-9-17-13-24-19-16(3)7-5-8-18(17)19;/h5,7-8,13,15,24H,6,9-12,14H2,1-4H3,(H2,21,22,23);1H. The van der Waals surface area contributed by atoms with Crippen molar-refractivity contribution in [2.45, 2.75) is 33.6 Å². The number of aliphatic imine (C=N–C) groups is 1. The maximum atomic E-state index is 5.59. The summed E-state index contributed by atoms with van der Waals surface area (Å²) in [5.41, 5.74) is 3.86. The Morgan fingerprint density at radius 1 is 1.23 bits per heavy atom. The number of nitrogens with one attached hydrogen (secondary N) is 3. The number of ether oxygens (including phenoxy) is 1. The zero-order valence-electron chi connectivity index (χ0n) is 16.4. The van der Waals surface area contributed by atoms with E-state index in [0.29, 0.717) is 5.92 Å². The lowest BCUT2D eigenvalue weighted by molar-refractivity contribution is 0.108. The van der Waals surface area contributed by atoms with Gasteiger partial charge in [-0.25, -0.2) is 0 Å². The van der Waals surface area contributed by atoms with Crippen LogP contribution in [0.3, 0.4) is 0 Å². The molecule has 1 aromatic heterocycles. The topological polar surface area (TPSA) is 61.4 Å². The Labute approximate surface area is 174 Å². The van der Waals surface area contributed by atoms with Crippen molar-refractivity contribution in [2.24, 2.45) is 10.9 Å². The van der Waals surface area contributed by atoms with Crippen LogP contribution in [-0.4, -0.2) is 44.3 Å². The van der Waals surface area contributed by atoms with E-state index in [9.17, 15) is 0 Å². The van der Waals surface area contributed by atoms with Crippen molar-refractivity contribution in [3.05, 3.63) is 35.5 Å². The molecule has 0 aliphatic rings. The van der Waals surface area contributed by atoms with Crippen molar-refractivity contribution in [2.75, 3.05) is 33.4 Å². The zero-order valence-corrected chi connectivity index (χ0v) is 18.7. The van der Waals surface area contributed by atoms with Gasteiger partial charge in [0.05, 0.1) is 0 Å². The molecule has 2 aromatic rings. The summed E-state index contributed by atoms with van der Waals surface area (Å²) in [6.45, 7) is 9.80. The lowest BCUT2D eigenvalue weighted by Gasteiger charge is -2.12. The predicted octanol–water partition coefficient (Wildman–Crippen LogP) is 3.86. The van der Waals surface area contributed by atoms with Crippen molar-refractivity contribution < 1.29 is 4.74 Å². The van der Waals surface area contributed by atoms with Gasteiger partial charge in [-0.05, 0) is 36.8 Å². The quantitative estimate of drug-likeness (QED) is 0.225. The molecule has 1 heterocycles. The first-order valence-corrected chi connectivity index (χ1v) is 9.19. The fraction of sp³-hybridized carbons (Fsp3) is 0.550. The Balaban J connectivity index is 0.00000338. The number of aryl methyl sites for hydroxylation is 1. The Kier molecular flexibility index (Phi) is 10.7. The molecule has 0 unspecified atom stereocenters. The highest BCUT2D eigenvalue weighted by atomic mass is 127. The summed E-state index contributed by atoms with van der Waals surface area (Å²) >= 11 is 0. The number of nitrogens with zero attached hydrogens (tertiary/aromatic N) is 1. The van der Waals surface area contributed by atoms with Crippen molar-refractivity contribution in [3.8, 4) is 0 Å². The Morgan fingerprint density at radius 2 is 2.00 bits per heavy atom. The van der Waals surface area contributed by atoms with Crippen LogP contribution in [-0.2, 0) is 11.2 Å². The summed E-state index contributed by atoms with van der Waals surface area (Å²) in [5.74, 6) is 1.44. The van der Waals surface area contributed by atoms with Crippen LogP contribution in [0.15, 0.2) is 29.4 Å². The third-order valence-corrected chi connectivity index (χ3v) is 4.13. The number of halogens is 1. The highest BCUT2D eigenvalue weighted by Crippen LogP contribution is 2.21. The molecule has 0 radical (unpaired) electrons. The first-order valence-electron chi connectivity index (χ1n) is 9.19. The molecule has 0 saturated heterocycles. The van der Waals surface area contributed by atoms with Crippen molar-refractivity contribution in [1.29, 1.82) is 0 Å². The van der Waals surface area contributed by atoms with E-state index in [4.69, 9.17) is 4.74 Å². The van der Waals surface area contributed by atoms with Gasteiger partial charge >= 0.3 is 0 Å². The average molecular weight is 472 g/mol. The summed E-state index contributed by atoms with van der Waals surface area (Å²) in [6.07, 6.45) is 4.05. The summed E-state index contributed by atoms with van der Waals surface area (Å²) in [5, 5.41) is 8.03. The number of H-pyrrole nitrogens is 1. The van der Waals surface area contributed by atoms with Crippen LogP contribution < -0.4 is 10.6 Å². The minimum atomic E-state index is 0. The van der Waals surface area contributed by atoms with E-state index in [2.05, 4.69) is 65.8 Å². The van der Waals surface area contributed by atoms with Gasteiger partial charge in [0.1, 0.15) is 0 Å². The summed E-state index contributed by atoms with van der Waals surface area (Å²) in [7, 11) is 1.81. The maximum Gasteiger partial charge on any atom is 0.190 e. The molecule has 0 spiro atoms. The van der Waals surface area contributed by atoms with E-state index in [1.807, 2.05) is 0 Å². The molecule has 3 N–H and O–H groups in total. The predicted molar refractivity (Wildman–Crippen MR) is 122 cm³/mol. The molecule has 2 rings (SSSR count). The number of guanidine groups is 1. The lowest BCUT2D eigenvalue weighted by atomic mass is 10.1. The lowest BCUT2D eigenvalue weighted by Crippen LogP contribution is -2.39. The largest absolute Gasteiger partial charge is 0.381 e. The van der Waals surface area contributed by atoms with Crippen LogP contribution in [0.25, 0.3) is 10.9 Å². The third kappa shape index (κ3) is 7.15. The molecule has 0 amide bonds. The van der Waals surface area contributed by atoms with Gasteiger partial charge in [-0.2, -0.15) is 0 Å². The Morgan fingerprint density at radius 3 is 2.73 bits per heavy atom. The zero-order chi connectivity index (χ0) is 18.1. The first kappa shape index (κ1) is 22.8. The second kappa shape index (κ2) is 12.2. The van der Waals surface area contributed by atoms with Crippen molar-refractivity contribution in [1.82, 2.24) is 15.6 Å². The SMILES string of the molecule is CN=C(NCCCOCC(C)C)NCCc1c[nH]c2c(C)cccc12.I. The molecule has 26 heavy (non-hydrogen) atoms. The molecule has 0 aliphatic heterocycles. The Hall–Kier alpha value is -1.28. The van der Waals surface area contributed by atoms with Gasteiger partial charge in [0.25, 0.3) is 0 Å². The third-order valence-electron chi connectivity index (χ3n) is 4.13. The van der Waals surface area contributed by atoms with Crippen LogP contribution in [0.1, 0.15) is 31.4 Å². The van der Waals surface area contributed by atoms with E-state index in [1.165, 1.54) is 22.0 Å². The monoisotopic (exact) mass is 472 g/mol. The number of aromatic nitrogens is 1. The minimum absolute atomic E-state index is 0. The van der Waals surface area contributed by atoms with E-state index in [1.54, 1.807) is 7.05 Å². The van der Waals surface area contributed by atoms with Crippen LogP contribution in [0.5, 0.6) is 0 Å². The van der Waals surface area contributed by atoms with Gasteiger partial charge in [-0.1, -0.05) is 32.0 Å². The highest BCUT2D eigenvalue weighted by molar-refractivity contribution is 14.0. The van der Waals surface area contributed by atoms with Crippen LogP contribution >= 0.6 is 24.0 Å². The number of hydrogen-bond acceptors (Lipinski definition) is 2. The Bertz CT molecular complexity index is 682. The minimum Gasteiger partial charge on any atom is -0.381 e. The number of hydrogen-bond donors (Lipinski definition) is 3. The summed E-state index contributed by atoms with van der Waals surface area (Å²) in [6, 6.07) is 6.43. The van der Waals surface area contributed by atoms with Gasteiger partial charge in [0.15, 0.2) is 5.96 Å². The number of rotatable bonds is 9. The molecule has 0 fully saturated rings. The number of para-hydroxylation sites is 1. The fourth-order valence-corrected chi connectivity index (χ4v) is 2.81.